The Morgan fingerprint density at radius 2 is 2.00 bits per heavy atom. The Kier molecular flexibility index (Phi) is 5.69. The van der Waals surface area contributed by atoms with E-state index in [1.54, 1.807) is 12.3 Å². The van der Waals surface area contributed by atoms with Crippen LogP contribution in [0.15, 0.2) is 41.0 Å². The lowest BCUT2D eigenvalue weighted by molar-refractivity contribution is -0.137. The Morgan fingerprint density at radius 1 is 1.30 bits per heavy atom. The Balaban J connectivity index is 1.64. The molecule has 0 spiro atoms. The van der Waals surface area contributed by atoms with E-state index < -0.39 is 17.3 Å². The number of likely N-dealkylation sites (tertiary alicyclic amines) is 1. The lowest BCUT2D eigenvalue weighted by Crippen LogP contribution is -2.48. The number of furan rings is 1. The second-order valence-electron chi connectivity index (χ2n) is 6.45. The van der Waals surface area contributed by atoms with Crippen LogP contribution in [0.2, 0.25) is 5.02 Å². The third kappa shape index (κ3) is 4.56. The van der Waals surface area contributed by atoms with Gasteiger partial charge in [-0.3, -0.25) is 0 Å². The predicted molar refractivity (Wildman–Crippen MR) is 99.3 cm³/mol. The molecule has 9 heteroatoms. The molecular weight excluding hydrogens is 401 g/mol. The fourth-order valence-electron chi connectivity index (χ4n) is 3.09. The molecule has 0 radical (unpaired) electrons. The van der Waals surface area contributed by atoms with Crippen molar-refractivity contribution in [2.75, 3.05) is 13.1 Å². The van der Waals surface area contributed by atoms with Crippen LogP contribution in [0.1, 0.15) is 29.7 Å². The van der Waals surface area contributed by atoms with E-state index in [1.165, 1.54) is 12.1 Å². The zero-order valence-corrected chi connectivity index (χ0v) is 15.8. The average molecular weight is 419 g/mol. The summed E-state index contributed by atoms with van der Waals surface area (Å²) >= 11 is 11.0. The van der Waals surface area contributed by atoms with Crippen LogP contribution in [0.3, 0.4) is 0 Å². The summed E-state index contributed by atoms with van der Waals surface area (Å²) in [6, 6.07) is 7.16. The molecule has 27 heavy (non-hydrogen) atoms. The zero-order chi connectivity index (χ0) is 19.7. The molecule has 0 atom stereocenters. The van der Waals surface area contributed by atoms with Gasteiger partial charge in [-0.05, 0) is 54.9 Å². The molecular formula is C18H18ClF3N2O2S. The minimum atomic E-state index is -4.57. The number of nitrogens with zero attached hydrogens (tertiary/aromatic N) is 1. The van der Waals surface area contributed by atoms with Crippen molar-refractivity contribution in [2.45, 2.75) is 31.2 Å². The van der Waals surface area contributed by atoms with E-state index >= 15 is 0 Å². The third-order valence-corrected chi connectivity index (χ3v) is 5.41. The van der Waals surface area contributed by atoms with Gasteiger partial charge in [0.05, 0.1) is 29.0 Å². The first kappa shape index (κ1) is 20.0. The molecule has 1 aromatic heterocycles. The molecule has 1 aromatic carbocycles. The minimum Gasteiger partial charge on any atom is -0.467 e. The minimum absolute atomic E-state index is 0.216. The second-order valence-corrected chi connectivity index (χ2v) is 7.24. The van der Waals surface area contributed by atoms with Crippen molar-refractivity contribution in [3.63, 3.8) is 0 Å². The number of alkyl halides is 3. The van der Waals surface area contributed by atoms with E-state index in [4.69, 9.17) is 28.2 Å². The summed E-state index contributed by atoms with van der Waals surface area (Å²) in [5.74, 6) is 0.742. The highest BCUT2D eigenvalue weighted by Gasteiger charge is 2.38. The van der Waals surface area contributed by atoms with Gasteiger partial charge in [0.1, 0.15) is 5.76 Å². The number of rotatable bonds is 3. The molecule has 146 valence electrons. The molecule has 1 saturated heterocycles. The standard InChI is InChI=1S/C18H18ClF3N2O2S/c19-15-4-3-12(10-14(15)18(20,21)22)17(25)5-7-24(8-6-17)16(27)23-11-13-2-1-9-26-13/h1-4,9-10,25H,5-8,11H2,(H,23,27). The second kappa shape index (κ2) is 7.69. The molecule has 2 aromatic rings. The van der Waals surface area contributed by atoms with Crippen LogP contribution in [-0.4, -0.2) is 28.2 Å². The number of hydrogen-bond donors (Lipinski definition) is 2. The SMILES string of the molecule is OC1(c2ccc(Cl)c(C(F)(F)F)c2)CCN(C(=S)NCc2ccco2)CC1. The average Bonchev–Trinajstić information content (AvgIpc) is 3.13. The van der Waals surface area contributed by atoms with Gasteiger partial charge in [-0.1, -0.05) is 17.7 Å². The molecule has 0 unspecified atom stereocenters. The van der Waals surface area contributed by atoms with Crippen LogP contribution < -0.4 is 5.32 Å². The molecule has 2 N–H and O–H groups in total. The van der Waals surface area contributed by atoms with Crippen LogP contribution in [-0.2, 0) is 18.3 Å². The van der Waals surface area contributed by atoms with Crippen LogP contribution in [0, 0.1) is 0 Å². The Bertz CT molecular complexity index is 803. The van der Waals surface area contributed by atoms with Crippen molar-refractivity contribution in [1.29, 1.82) is 0 Å². The van der Waals surface area contributed by atoms with Crippen molar-refractivity contribution in [1.82, 2.24) is 10.2 Å². The summed E-state index contributed by atoms with van der Waals surface area (Å²) in [5, 5.41) is 14.1. The molecule has 1 aliphatic heterocycles. The molecule has 0 aliphatic carbocycles. The van der Waals surface area contributed by atoms with Gasteiger partial charge < -0.3 is 19.7 Å². The monoisotopic (exact) mass is 418 g/mol. The zero-order valence-electron chi connectivity index (χ0n) is 14.2. The van der Waals surface area contributed by atoms with Gasteiger partial charge in [0.2, 0.25) is 0 Å². The first-order valence-electron chi connectivity index (χ1n) is 8.34. The molecule has 0 saturated carbocycles. The smallest absolute Gasteiger partial charge is 0.417 e. The van der Waals surface area contributed by atoms with Gasteiger partial charge in [0.15, 0.2) is 5.11 Å². The Hall–Kier alpha value is -1.77. The van der Waals surface area contributed by atoms with Crippen molar-refractivity contribution in [3.05, 3.63) is 58.5 Å². The quantitative estimate of drug-likeness (QED) is 0.727. The highest BCUT2D eigenvalue weighted by Crippen LogP contribution is 2.39. The molecule has 3 rings (SSSR count). The molecule has 2 heterocycles. The molecule has 1 fully saturated rings. The number of halogens is 4. The van der Waals surface area contributed by atoms with Gasteiger partial charge in [0.25, 0.3) is 0 Å². The third-order valence-electron chi connectivity index (χ3n) is 4.68. The van der Waals surface area contributed by atoms with E-state index in [9.17, 15) is 18.3 Å². The Morgan fingerprint density at radius 3 is 2.59 bits per heavy atom. The highest BCUT2D eigenvalue weighted by molar-refractivity contribution is 7.80. The summed E-state index contributed by atoms with van der Waals surface area (Å²) in [4.78, 5) is 1.88. The summed E-state index contributed by atoms with van der Waals surface area (Å²) in [6.07, 6.45) is -2.48. The molecule has 4 nitrogen and oxygen atoms in total. The molecule has 1 aliphatic rings. The largest absolute Gasteiger partial charge is 0.467 e. The van der Waals surface area contributed by atoms with Crippen LogP contribution in [0.4, 0.5) is 13.2 Å². The lowest BCUT2D eigenvalue weighted by Gasteiger charge is -2.39. The predicted octanol–water partition coefficient (Wildman–Crippen LogP) is 4.31. The van der Waals surface area contributed by atoms with Crippen molar-refractivity contribution in [2.24, 2.45) is 0 Å². The number of benzene rings is 1. The van der Waals surface area contributed by atoms with Crippen molar-refractivity contribution in [3.8, 4) is 0 Å². The van der Waals surface area contributed by atoms with Gasteiger partial charge >= 0.3 is 6.18 Å². The van der Waals surface area contributed by atoms with E-state index in [1.807, 2.05) is 11.0 Å². The summed E-state index contributed by atoms with van der Waals surface area (Å²) in [5.41, 5.74) is -2.07. The fourth-order valence-corrected chi connectivity index (χ4v) is 3.57. The van der Waals surface area contributed by atoms with Crippen molar-refractivity contribution < 1.29 is 22.7 Å². The maximum Gasteiger partial charge on any atom is 0.417 e. The number of thiocarbonyl (C=S) groups is 1. The molecule has 0 bridgehead atoms. The maximum absolute atomic E-state index is 13.1. The normalized spacial score (nSPS) is 17.0. The summed E-state index contributed by atoms with van der Waals surface area (Å²) in [6.45, 7) is 1.29. The van der Waals surface area contributed by atoms with Gasteiger partial charge in [-0.2, -0.15) is 13.2 Å². The van der Waals surface area contributed by atoms with Gasteiger partial charge in [-0.25, -0.2) is 0 Å². The first-order valence-corrected chi connectivity index (χ1v) is 9.12. The molecule has 0 amide bonds. The topological polar surface area (TPSA) is 48.6 Å². The van der Waals surface area contributed by atoms with Crippen LogP contribution in [0.25, 0.3) is 0 Å². The summed E-state index contributed by atoms with van der Waals surface area (Å²) in [7, 11) is 0. The fraction of sp³-hybridized carbons (Fsp3) is 0.389. The van der Waals surface area contributed by atoms with Gasteiger partial charge in [0, 0.05) is 13.1 Å². The van der Waals surface area contributed by atoms with Crippen molar-refractivity contribution >= 4 is 28.9 Å². The maximum atomic E-state index is 13.1. The first-order chi connectivity index (χ1) is 12.7. The summed E-state index contributed by atoms with van der Waals surface area (Å²) < 4.78 is 44.5. The number of nitrogens with one attached hydrogen (secondary N) is 1. The van der Waals surface area contributed by atoms with Gasteiger partial charge in [-0.15, -0.1) is 0 Å². The van der Waals surface area contributed by atoms with Crippen LogP contribution in [0.5, 0.6) is 0 Å². The van der Waals surface area contributed by atoms with E-state index in [-0.39, 0.29) is 23.4 Å². The van der Waals surface area contributed by atoms with E-state index in [0.29, 0.717) is 24.7 Å². The van der Waals surface area contributed by atoms with E-state index in [0.717, 1.165) is 11.8 Å². The number of hydrogen-bond acceptors (Lipinski definition) is 3. The highest BCUT2D eigenvalue weighted by atomic mass is 35.5. The van der Waals surface area contributed by atoms with Crippen LogP contribution >= 0.6 is 23.8 Å². The number of piperidine rings is 1. The lowest BCUT2D eigenvalue weighted by atomic mass is 9.84. The number of aliphatic hydroxyl groups is 1. The van der Waals surface area contributed by atoms with E-state index in [2.05, 4.69) is 5.32 Å². The Labute approximate surface area is 164 Å².